The SMILES string of the molecule is NC(=S)c1cc(Br)ccc1OCC1CSc2ccccc21. The van der Waals surface area contributed by atoms with Gasteiger partial charge in [-0.3, -0.25) is 0 Å². The van der Waals surface area contributed by atoms with Gasteiger partial charge in [-0.1, -0.05) is 46.3 Å². The van der Waals surface area contributed by atoms with Crippen LogP contribution in [0.15, 0.2) is 51.8 Å². The predicted octanol–water partition coefficient (Wildman–Crippen LogP) is 4.35. The Morgan fingerprint density at radius 2 is 2.14 bits per heavy atom. The van der Waals surface area contributed by atoms with E-state index < -0.39 is 0 Å². The van der Waals surface area contributed by atoms with Gasteiger partial charge in [-0.25, -0.2) is 0 Å². The lowest BCUT2D eigenvalue weighted by molar-refractivity contribution is 0.297. The number of fused-ring (bicyclic) bond motifs is 1. The molecule has 5 heteroatoms. The molecule has 21 heavy (non-hydrogen) atoms. The average Bonchev–Trinajstić information content (AvgIpc) is 2.89. The zero-order valence-electron chi connectivity index (χ0n) is 11.2. The molecule has 0 radical (unpaired) electrons. The van der Waals surface area contributed by atoms with Crippen LogP contribution in [0.2, 0.25) is 0 Å². The van der Waals surface area contributed by atoms with Crippen molar-refractivity contribution in [3.8, 4) is 5.75 Å². The van der Waals surface area contributed by atoms with Crippen LogP contribution in [-0.2, 0) is 0 Å². The van der Waals surface area contributed by atoms with Gasteiger partial charge in [0.2, 0.25) is 0 Å². The second kappa shape index (κ2) is 6.38. The van der Waals surface area contributed by atoms with Crippen molar-refractivity contribution in [2.75, 3.05) is 12.4 Å². The van der Waals surface area contributed by atoms with E-state index in [1.165, 1.54) is 10.5 Å². The van der Waals surface area contributed by atoms with Crippen LogP contribution in [0.5, 0.6) is 5.75 Å². The van der Waals surface area contributed by atoms with Crippen molar-refractivity contribution in [1.29, 1.82) is 0 Å². The summed E-state index contributed by atoms with van der Waals surface area (Å²) in [5, 5.41) is 0. The number of benzene rings is 2. The molecule has 1 heterocycles. The number of thiocarbonyl (C=S) groups is 1. The second-order valence-corrected chi connectivity index (χ2v) is 7.28. The number of rotatable bonds is 4. The molecule has 2 aromatic carbocycles. The molecule has 0 bridgehead atoms. The Kier molecular flexibility index (Phi) is 4.52. The van der Waals surface area contributed by atoms with Gasteiger partial charge in [-0.05, 0) is 29.8 Å². The summed E-state index contributed by atoms with van der Waals surface area (Å²) in [6, 6.07) is 14.3. The summed E-state index contributed by atoms with van der Waals surface area (Å²) < 4.78 is 6.94. The highest BCUT2D eigenvalue weighted by atomic mass is 79.9. The molecule has 2 aromatic rings. The Hall–Kier alpha value is -1.04. The van der Waals surface area contributed by atoms with Gasteiger partial charge in [0, 0.05) is 21.0 Å². The molecule has 0 saturated heterocycles. The maximum absolute atomic E-state index is 5.99. The summed E-state index contributed by atoms with van der Waals surface area (Å²) in [7, 11) is 0. The Morgan fingerprint density at radius 1 is 1.33 bits per heavy atom. The van der Waals surface area contributed by atoms with Crippen LogP contribution in [0.3, 0.4) is 0 Å². The normalized spacial score (nSPS) is 16.5. The van der Waals surface area contributed by atoms with Crippen molar-refractivity contribution in [2.45, 2.75) is 10.8 Å². The maximum atomic E-state index is 5.99. The monoisotopic (exact) mass is 379 g/mol. The van der Waals surface area contributed by atoms with Gasteiger partial charge in [0.25, 0.3) is 0 Å². The molecule has 0 fully saturated rings. The van der Waals surface area contributed by atoms with Crippen molar-refractivity contribution in [2.24, 2.45) is 5.73 Å². The number of nitrogens with two attached hydrogens (primary N) is 1. The van der Waals surface area contributed by atoms with Crippen LogP contribution in [0.1, 0.15) is 17.0 Å². The standard InChI is InChI=1S/C16H14BrNOS2/c17-11-5-6-14(13(7-11)16(18)20)19-8-10-9-21-15-4-2-1-3-12(10)15/h1-7,10H,8-9H2,(H2,18,20). The van der Waals surface area contributed by atoms with E-state index in [1.807, 2.05) is 30.0 Å². The van der Waals surface area contributed by atoms with E-state index in [1.54, 1.807) is 0 Å². The molecule has 2 nitrogen and oxygen atoms in total. The van der Waals surface area contributed by atoms with Crippen LogP contribution in [0, 0.1) is 0 Å². The van der Waals surface area contributed by atoms with Crippen LogP contribution in [0.25, 0.3) is 0 Å². The Morgan fingerprint density at radius 3 is 2.95 bits per heavy atom. The lowest BCUT2D eigenvalue weighted by atomic mass is 10.0. The average molecular weight is 380 g/mol. The van der Waals surface area contributed by atoms with Crippen LogP contribution in [0.4, 0.5) is 0 Å². The molecule has 0 aliphatic carbocycles. The highest BCUT2D eigenvalue weighted by molar-refractivity contribution is 9.10. The number of halogens is 1. The summed E-state index contributed by atoms with van der Waals surface area (Å²) >= 11 is 10.4. The van der Waals surface area contributed by atoms with Gasteiger partial charge < -0.3 is 10.5 Å². The van der Waals surface area contributed by atoms with Gasteiger partial charge >= 0.3 is 0 Å². The molecule has 1 aliphatic rings. The molecule has 1 aliphatic heterocycles. The molecule has 1 atom stereocenters. The molecule has 3 rings (SSSR count). The van der Waals surface area contributed by atoms with E-state index in [9.17, 15) is 0 Å². The molecule has 1 unspecified atom stereocenters. The largest absolute Gasteiger partial charge is 0.492 e. The number of thioether (sulfide) groups is 1. The highest BCUT2D eigenvalue weighted by Gasteiger charge is 2.23. The van der Waals surface area contributed by atoms with Crippen molar-refractivity contribution in [1.82, 2.24) is 0 Å². The van der Waals surface area contributed by atoms with Crippen LogP contribution >= 0.6 is 39.9 Å². The fraction of sp³-hybridized carbons (Fsp3) is 0.188. The summed E-state index contributed by atoms with van der Waals surface area (Å²) in [6.07, 6.45) is 0. The van der Waals surface area contributed by atoms with Crippen molar-refractivity contribution < 1.29 is 4.74 Å². The molecular formula is C16H14BrNOS2. The zero-order chi connectivity index (χ0) is 14.8. The molecule has 0 spiro atoms. The van der Waals surface area contributed by atoms with Crippen molar-refractivity contribution in [3.05, 3.63) is 58.1 Å². The van der Waals surface area contributed by atoms with E-state index in [0.29, 0.717) is 17.5 Å². The van der Waals surface area contributed by atoms with Crippen LogP contribution in [-0.4, -0.2) is 17.3 Å². The Balaban J connectivity index is 1.76. The first-order chi connectivity index (χ1) is 10.1. The Labute approximate surface area is 142 Å². The van der Waals surface area contributed by atoms with E-state index in [4.69, 9.17) is 22.7 Å². The van der Waals surface area contributed by atoms with Crippen molar-refractivity contribution >= 4 is 44.9 Å². The first kappa shape index (κ1) is 14.9. The predicted molar refractivity (Wildman–Crippen MR) is 95.4 cm³/mol. The van der Waals surface area contributed by atoms with Gasteiger partial charge in [-0.2, -0.15) is 0 Å². The van der Waals surface area contributed by atoms with Crippen LogP contribution < -0.4 is 10.5 Å². The first-order valence-electron chi connectivity index (χ1n) is 6.59. The van der Waals surface area contributed by atoms with E-state index >= 15 is 0 Å². The fourth-order valence-electron chi connectivity index (χ4n) is 2.38. The van der Waals surface area contributed by atoms with Gasteiger partial charge in [-0.15, -0.1) is 11.8 Å². The minimum absolute atomic E-state index is 0.354. The third kappa shape index (κ3) is 3.25. The fourth-order valence-corrected chi connectivity index (χ4v) is 4.13. The minimum atomic E-state index is 0.354. The quantitative estimate of drug-likeness (QED) is 0.800. The molecular weight excluding hydrogens is 366 g/mol. The lowest BCUT2D eigenvalue weighted by Gasteiger charge is -2.15. The maximum Gasteiger partial charge on any atom is 0.129 e. The minimum Gasteiger partial charge on any atom is -0.492 e. The number of hydrogen-bond acceptors (Lipinski definition) is 3. The molecule has 0 aromatic heterocycles. The smallest absolute Gasteiger partial charge is 0.129 e. The van der Waals surface area contributed by atoms with E-state index in [-0.39, 0.29) is 0 Å². The third-order valence-electron chi connectivity index (χ3n) is 3.45. The summed E-state index contributed by atoms with van der Waals surface area (Å²) in [4.78, 5) is 1.71. The van der Waals surface area contributed by atoms with Gasteiger partial charge in [0.15, 0.2) is 0 Å². The zero-order valence-corrected chi connectivity index (χ0v) is 14.4. The van der Waals surface area contributed by atoms with E-state index in [2.05, 4.69) is 40.2 Å². The second-order valence-electron chi connectivity index (χ2n) is 4.86. The van der Waals surface area contributed by atoms with Gasteiger partial charge in [0.05, 0.1) is 12.2 Å². The molecule has 108 valence electrons. The summed E-state index contributed by atoms with van der Waals surface area (Å²) in [5.74, 6) is 2.22. The van der Waals surface area contributed by atoms with Crippen molar-refractivity contribution in [3.63, 3.8) is 0 Å². The number of ether oxygens (including phenoxy) is 1. The van der Waals surface area contributed by atoms with E-state index in [0.717, 1.165) is 21.5 Å². The van der Waals surface area contributed by atoms with Gasteiger partial charge in [0.1, 0.15) is 10.7 Å². The molecule has 2 N–H and O–H groups in total. The topological polar surface area (TPSA) is 35.2 Å². The lowest BCUT2D eigenvalue weighted by Crippen LogP contribution is -2.15. The molecule has 0 saturated carbocycles. The number of hydrogen-bond donors (Lipinski definition) is 1. The third-order valence-corrected chi connectivity index (χ3v) is 5.41. The highest BCUT2D eigenvalue weighted by Crippen LogP contribution is 2.39. The Bertz CT molecular complexity index is 690. The summed E-state index contributed by atoms with van der Waals surface area (Å²) in [6.45, 7) is 0.640. The molecule has 0 amide bonds. The summed E-state index contributed by atoms with van der Waals surface area (Å²) in [5.41, 5.74) is 7.92. The first-order valence-corrected chi connectivity index (χ1v) is 8.77.